The molecule has 5 nitrogen and oxygen atoms in total. The highest BCUT2D eigenvalue weighted by atomic mass is 32.2. The molecule has 176 valence electrons. The molecule has 1 aromatic heterocycles. The number of hydrogen-bond acceptors (Lipinski definition) is 4. The highest BCUT2D eigenvalue weighted by molar-refractivity contribution is 7.87. The van der Waals surface area contributed by atoms with Crippen LogP contribution in [-0.2, 0) is 15.5 Å². The average Bonchev–Trinajstić information content (AvgIpc) is 2.79. The van der Waals surface area contributed by atoms with Gasteiger partial charge in [-0.25, -0.2) is 9.97 Å². The van der Waals surface area contributed by atoms with Crippen molar-refractivity contribution in [3.63, 3.8) is 0 Å². The highest BCUT2D eigenvalue weighted by Crippen LogP contribution is 2.34. The summed E-state index contributed by atoms with van der Waals surface area (Å²) >= 11 is 0. The van der Waals surface area contributed by atoms with E-state index in [1.54, 1.807) is 0 Å². The summed E-state index contributed by atoms with van der Waals surface area (Å²) in [7, 11) is 0.648. The van der Waals surface area contributed by atoms with Crippen LogP contribution in [0.15, 0.2) is 46.8 Å². The average molecular weight is 477 g/mol. The molecule has 1 amide bonds. The van der Waals surface area contributed by atoms with E-state index in [1.807, 2.05) is 44.2 Å². The van der Waals surface area contributed by atoms with E-state index in [2.05, 4.69) is 27.2 Å². The Morgan fingerprint density at radius 1 is 1.06 bits per heavy atom. The number of alkyl halides is 3. The van der Waals surface area contributed by atoms with Crippen LogP contribution in [0.1, 0.15) is 35.7 Å². The fourth-order valence-corrected chi connectivity index (χ4v) is 5.76. The van der Waals surface area contributed by atoms with Crippen LogP contribution in [0.2, 0.25) is 0 Å². The predicted octanol–water partition coefficient (Wildman–Crippen LogP) is 5.26. The number of benzene rings is 2. The summed E-state index contributed by atoms with van der Waals surface area (Å²) in [5, 5.41) is 0.968. The molecule has 1 aliphatic heterocycles. The minimum Gasteiger partial charge on any atom is -0.333 e. The van der Waals surface area contributed by atoms with Gasteiger partial charge >= 0.3 is 12.1 Å². The lowest BCUT2D eigenvalue weighted by atomic mass is 9.91. The molecule has 4 rings (SSSR count). The fourth-order valence-electron chi connectivity index (χ4n) is 3.93. The summed E-state index contributed by atoms with van der Waals surface area (Å²) in [6, 6.07) is 14.3. The van der Waals surface area contributed by atoms with Gasteiger partial charge in [-0.15, -0.1) is 0 Å². The SMILES string of the molecule is CN.Cc1cccc(-c2nc(C)nc3ccc(C4CCS(=NC(=O)C(F)(F)F)CC4)cc23)c1. The number of halogens is 3. The number of aromatic nitrogens is 2. The molecule has 2 N–H and O–H groups in total. The number of amides is 1. The van der Waals surface area contributed by atoms with E-state index >= 15 is 0 Å². The van der Waals surface area contributed by atoms with Crippen molar-refractivity contribution in [2.45, 2.75) is 38.8 Å². The van der Waals surface area contributed by atoms with Crippen LogP contribution in [-0.4, -0.2) is 40.6 Å². The summed E-state index contributed by atoms with van der Waals surface area (Å²) in [4.78, 5) is 20.4. The summed E-state index contributed by atoms with van der Waals surface area (Å²) in [6.07, 6.45) is -3.47. The lowest BCUT2D eigenvalue weighted by Crippen LogP contribution is -2.24. The van der Waals surface area contributed by atoms with Crippen molar-refractivity contribution in [2.24, 2.45) is 10.1 Å². The summed E-state index contributed by atoms with van der Waals surface area (Å²) in [5.41, 5.74) is 9.56. The van der Waals surface area contributed by atoms with Crippen LogP contribution in [0.25, 0.3) is 22.2 Å². The molecule has 0 aliphatic carbocycles. The van der Waals surface area contributed by atoms with Crippen LogP contribution >= 0.6 is 0 Å². The Morgan fingerprint density at radius 3 is 2.39 bits per heavy atom. The van der Waals surface area contributed by atoms with Crippen molar-refractivity contribution >= 4 is 27.5 Å². The van der Waals surface area contributed by atoms with Gasteiger partial charge in [0.05, 0.1) is 11.2 Å². The number of rotatable bonds is 2. The molecule has 1 fully saturated rings. The molecule has 2 heterocycles. The second kappa shape index (κ2) is 10.5. The van der Waals surface area contributed by atoms with E-state index in [9.17, 15) is 18.0 Å². The molecule has 0 spiro atoms. The number of fused-ring (bicyclic) bond motifs is 1. The van der Waals surface area contributed by atoms with Crippen molar-refractivity contribution in [1.29, 1.82) is 0 Å². The standard InChI is InChI=1S/C23H22F3N3OS.CH5N/c1-14-4-3-5-18(12-14)21-19-13-17(6-7-20(19)27-15(2)28-21)16-8-10-31(11-9-16)29-22(30)23(24,25)26;1-2/h3-7,12-13,16H,8-11H2,1-2H3;2H2,1H3. The second-order valence-corrected chi connectivity index (χ2v) is 9.73. The maximum absolute atomic E-state index is 12.5. The van der Waals surface area contributed by atoms with Crippen LogP contribution < -0.4 is 5.73 Å². The fraction of sp³-hybridized carbons (Fsp3) is 0.375. The Morgan fingerprint density at radius 2 is 1.76 bits per heavy atom. The lowest BCUT2D eigenvalue weighted by molar-refractivity contribution is -0.169. The van der Waals surface area contributed by atoms with Gasteiger partial charge in [-0.1, -0.05) is 40.5 Å². The van der Waals surface area contributed by atoms with Gasteiger partial charge in [-0.05, 0) is 63.4 Å². The monoisotopic (exact) mass is 476 g/mol. The maximum atomic E-state index is 12.5. The minimum atomic E-state index is -4.88. The van der Waals surface area contributed by atoms with Gasteiger partial charge < -0.3 is 5.73 Å². The Balaban J connectivity index is 0.00000149. The first-order chi connectivity index (χ1) is 15.7. The van der Waals surface area contributed by atoms with Gasteiger partial charge in [0.25, 0.3) is 0 Å². The third-order valence-electron chi connectivity index (χ3n) is 5.45. The normalized spacial score (nSPS) is 18.4. The van der Waals surface area contributed by atoms with Gasteiger partial charge in [-0.3, -0.25) is 4.79 Å². The van der Waals surface area contributed by atoms with Gasteiger partial charge in [0.2, 0.25) is 0 Å². The highest BCUT2D eigenvalue weighted by Gasteiger charge is 2.39. The van der Waals surface area contributed by atoms with E-state index in [4.69, 9.17) is 4.98 Å². The smallest absolute Gasteiger partial charge is 0.333 e. The molecule has 3 aromatic rings. The first-order valence-electron chi connectivity index (χ1n) is 10.6. The second-order valence-electron chi connectivity index (χ2n) is 7.80. The number of hydrogen-bond donors (Lipinski definition) is 1. The number of carbonyl (C=O) groups is 1. The number of aryl methyl sites for hydroxylation is 2. The third-order valence-corrected chi connectivity index (χ3v) is 7.29. The van der Waals surface area contributed by atoms with Crippen molar-refractivity contribution in [3.05, 3.63) is 59.4 Å². The Labute approximate surface area is 193 Å². The topological polar surface area (TPSA) is 81.2 Å². The van der Waals surface area contributed by atoms with E-state index in [0.29, 0.717) is 30.2 Å². The van der Waals surface area contributed by atoms with E-state index in [0.717, 1.165) is 33.3 Å². The molecule has 0 radical (unpaired) electrons. The Bertz CT molecular complexity index is 1180. The van der Waals surface area contributed by atoms with Crippen LogP contribution in [0.4, 0.5) is 13.2 Å². The lowest BCUT2D eigenvalue weighted by Gasteiger charge is -2.24. The molecule has 33 heavy (non-hydrogen) atoms. The van der Waals surface area contributed by atoms with E-state index < -0.39 is 22.8 Å². The molecule has 9 heteroatoms. The van der Waals surface area contributed by atoms with Gasteiger partial charge in [0, 0.05) is 22.5 Å². The minimum absolute atomic E-state index is 0.219. The van der Waals surface area contributed by atoms with Crippen LogP contribution in [0.5, 0.6) is 0 Å². The zero-order valence-electron chi connectivity index (χ0n) is 18.8. The molecule has 0 unspecified atom stereocenters. The molecule has 0 atom stereocenters. The maximum Gasteiger partial charge on any atom is 0.474 e. The number of carbonyl (C=O) groups excluding carboxylic acids is 1. The molecular weight excluding hydrogens is 449 g/mol. The van der Waals surface area contributed by atoms with Crippen molar-refractivity contribution in [2.75, 3.05) is 18.6 Å². The first kappa shape index (κ1) is 25.0. The Hall–Kier alpha value is -2.65. The number of nitrogens with two attached hydrogens (primary N) is 1. The molecule has 1 aliphatic rings. The number of nitrogens with zero attached hydrogens (tertiary/aromatic N) is 3. The molecule has 0 saturated carbocycles. The molecular formula is C24H27F3N4OS. The van der Waals surface area contributed by atoms with Crippen molar-refractivity contribution in [3.8, 4) is 11.3 Å². The summed E-state index contributed by atoms with van der Waals surface area (Å²) < 4.78 is 40.8. The summed E-state index contributed by atoms with van der Waals surface area (Å²) in [5.74, 6) is -0.0417. The van der Waals surface area contributed by atoms with Crippen molar-refractivity contribution < 1.29 is 18.0 Å². The first-order valence-corrected chi connectivity index (χ1v) is 12.2. The molecule has 2 aromatic carbocycles. The van der Waals surface area contributed by atoms with Gasteiger partial charge in [0.1, 0.15) is 5.82 Å². The quantitative estimate of drug-likeness (QED) is 0.547. The summed E-state index contributed by atoms with van der Waals surface area (Å²) in [6.45, 7) is 3.92. The largest absolute Gasteiger partial charge is 0.474 e. The third kappa shape index (κ3) is 6.03. The van der Waals surface area contributed by atoms with Crippen molar-refractivity contribution in [1.82, 2.24) is 9.97 Å². The van der Waals surface area contributed by atoms with Crippen LogP contribution in [0.3, 0.4) is 0 Å². The zero-order valence-corrected chi connectivity index (χ0v) is 19.6. The van der Waals surface area contributed by atoms with Gasteiger partial charge in [0.15, 0.2) is 0 Å². The Kier molecular flexibility index (Phi) is 7.97. The van der Waals surface area contributed by atoms with E-state index in [1.165, 1.54) is 7.05 Å². The van der Waals surface area contributed by atoms with E-state index in [-0.39, 0.29) is 5.92 Å². The molecule has 0 bridgehead atoms. The van der Waals surface area contributed by atoms with Crippen LogP contribution in [0, 0.1) is 13.8 Å². The predicted molar refractivity (Wildman–Crippen MR) is 127 cm³/mol. The van der Waals surface area contributed by atoms with Gasteiger partial charge in [-0.2, -0.15) is 17.5 Å². The zero-order chi connectivity index (χ0) is 24.2. The molecule has 1 saturated heterocycles.